The number of hydrogen-bond donors (Lipinski definition) is 1. The van der Waals surface area contributed by atoms with E-state index >= 15 is 0 Å². The fourth-order valence-electron chi connectivity index (χ4n) is 4.44. The van der Waals surface area contributed by atoms with Crippen LogP contribution >= 0.6 is 0 Å². The zero-order valence-corrected chi connectivity index (χ0v) is 16.5. The number of esters is 1. The Labute approximate surface area is 163 Å². The number of benzene rings is 1. The molecule has 3 amide bonds. The minimum Gasteiger partial charge on any atom is -0.468 e. The summed E-state index contributed by atoms with van der Waals surface area (Å²) in [4.78, 5) is 53.4. The number of nitrogens with one attached hydrogen (secondary N) is 1. The molecule has 0 aromatic heterocycles. The van der Waals surface area contributed by atoms with Gasteiger partial charge in [-0.1, -0.05) is 25.1 Å². The van der Waals surface area contributed by atoms with Crippen LogP contribution in [0.15, 0.2) is 30.3 Å². The van der Waals surface area contributed by atoms with Crippen LogP contribution in [0, 0.1) is 11.8 Å². The SMILES string of the molecule is CC[C@@]1(C(=O)OC)N[C@H](CN(C)C(=O)c2ccccc2)[C@@H]2C(=O)N(C)C(=O)[C@@H]21. The maximum absolute atomic E-state index is 12.8. The van der Waals surface area contributed by atoms with E-state index in [9.17, 15) is 19.2 Å². The molecule has 0 unspecified atom stereocenters. The van der Waals surface area contributed by atoms with Gasteiger partial charge >= 0.3 is 5.97 Å². The molecule has 150 valence electrons. The van der Waals surface area contributed by atoms with E-state index in [1.807, 2.05) is 6.07 Å². The van der Waals surface area contributed by atoms with Gasteiger partial charge in [0, 0.05) is 32.2 Å². The molecule has 2 aliphatic rings. The molecule has 0 bridgehead atoms. The molecule has 1 aromatic rings. The first kappa shape index (κ1) is 20.0. The fraction of sp³-hybridized carbons (Fsp3) is 0.500. The van der Waals surface area contributed by atoms with Gasteiger partial charge in [-0.3, -0.25) is 29.4 Å². The van der Waals surface area contributed by atoms with Crippen molar-refractivity contribution in [3.8, 4) is 0 Å². The second kappa shape index (κ2) is 7.35. The summed E-state index contributed by atoms with van der Waals surface area (Å²) >= 11 is 0. The summed E-state index contributed by atoms with van der Waals surface area (Å²) in [6.45, 7) is 1.96. The summed E-state index contributed by atoms with van der Waals surface area (Å²) in [5.41, 5.74) is -0.752. The Bertz CT molecular complexity index is 811. The summed E-state index contributed by atoms with van der Waals surface area (Å²) in [5, 5.41) is 3.19. The van der Waals surface area contributed by atoms with Gasteiger partial charge < -0.3 is 9.64 Å². The Hall–Kier alpha value is -2.74. The number of imide groups is 1. The van der Waals surface area contributed by atoms with Crippen LogP contribution in [0.4, 0.5) is 0 Å². The van der Waals surface area contributed by atoms with E-state index in [1.54, 1.807) is 38.2 Å². The monoisotopic (exact) mass is 387 g/mol. The van der Waals surface area contributed by atoms with Gasteiger partial charge in [0.2, 0.25) is 11.8 Å². The predicted octanol–water partition coefficient (Wildman–Crippen LogP) is 0.283. The molecule has 8 heteroatoms. The molecule has 1 aromatic carbocycles. The molecule has 3 rings (SSSR count). The van der Waals surface area contributed by atoms with Crippen molar-refractivity contribution in [1.82, 2.24) is 15.1 Å². The van der Waals surface area contributed by atoms with Gasteiger partial charge in [-0.15, -0.1) is 0 Å². The van der Waals surface area contributed by atoms with E-state index in [0.29, 0.717) is 12.0 Å². The van der Waals surface area contributed by atoms with Gasteiger partial charge in [-0.25, -0.2) is 0 Å². The Balaban J connectivity index is 1.91. The summed E-state index contributed by atoms with van der Waals surface area (Å²) in [6, 6.07) is 8.27. The number of likely N-dealkylation sites (N-methyl/N-ethyl adjacent to an activating group) is 1. The van der Waals surface area contributed by atoms with Crippen molar-refractivity contribution in [2.45, 2.75) is 24.9 Å². The standard InChI is InChI=1S/C20H25N3O5/c1-5-20(19(27)28-4)15-14(17(25)23(3)18(15)26)13(21-20)11-22(2)16(24)12-9-7-6-8-10-12/h6-10,13-15,21H,5,11H2,1-4H3/t13-,14+,15-,20-/m1/s1. The Kier molecular flexibility index (Phi) is 5.25. The number of methoxy groups -OCH3 is 1. The van der Waals surface area contributed by atoms with Gasteiger partial charge in [0.15, 0.2) is 0 Å². The summed E-state index contributed by atoms with van der Waals surface area (Å²) < 4.78 is 4.96. The van der Waals surface area contributed by atoms with Crippen LogP contribution in [0.1, 0.15) is 23.7 Å². The van der Waals surface area contributed by atoms with E-state index in [4.69, 9.17) is 4.74 Å². The highest BCUT2D eigenvalue weighted by Crippen LogP contribution is 2.44. The normalized spacial score (nSPS) is 29.0. The minimum absolute atomic E-state index is 0.181. The predicted molar refractivity (Wildman–Crippen MR) is 100 cm³/mol. The third-order valence-electron chi connectivity index (χ3n) is 5.92. The molecule has 2 heterocycles. The maximum atomic E-state index is 12.8. The van der Waals surface area contributed by atoms with Crippen LogP contribution in [0.5, 0.6) is 0 Å². The third-order valence-corrected chi connectivity index (χ3v) is 5.92. The van der Waals surface area contributed by atoms with Crippen molar-refractivity contribution in [3.05, 3.63) is 35.9 Å². The van der Waals surface area contributed by atoms with Crippen LogP contribution < -0.4 is 5.32 Å². The number of rotatable bonds is 5. The number of ether oxygens (including phenoxy) is 1. The lowest BCUT2D eigenvalue weighted by Crippen LogP contribution is -2.57. The molecule has 0 saturated carbocycles. The Morgan fingerprint density at radius 1 is 1.21 bits per heavy atom. The van der Waals surface area contributed by atoms with Gasteiger partial charge in [0.25, 0.3) is 5.91 Å². The first-order valence-electron chi connectivity index (χ1n) is 9.26. The van der Waals surface area contributed by atoms with Crippen molar-refractivity contribution in [2.24, 2.45) is 11.8 Å². The Morgan fingerprint density at radius 2 is 1.86 bits per heavy atom. The molecule has 4 atom stereocenters. The number of fused-ring (bicyclic) bond motifs is 1. The summed E-state index contributed by atoms with van der Waals surface area (Å²) in [5.74, 6) is -3.06. The highest BCUT2D eigenvalue weighted by molar-refractivity contribution is 6.09. The zero-order valence-electron chi connectivity index (χ0n) is 16.5. The smallest absolute Gasteiger partial charge is 0.326 e. The molecular weight excluding hydrogens is 362 g/mol. The van der Waals surface area contributed by atoms with Crippen LogP contribution in [-0.2, 0) is 19.1 Å². The third kappa shape index (κ3) is 2.88. The first-order valence-corrected chi connectivity index (χ1v) is 9.26. The van der Waals surface area contributed by atoms with E-state index in [2.05, 4.69) is 5.32 Å². The number of hydrogen-bond acceptors (Lipinski definition) is 6. The van der Waals surface area contributed by atoms with Gasteiger partial charge in [-0.2, -0.15) is 0 Å². The first-order chi connectivity index (χ1) is 13.3. The topological polar surface area (TPSA) is 96.0 Å². The molecule has 0 radical (unpaired) electrons. The number of amides is 3. The number of nitrogens with zero attached hydrogens (tertiary/aromatic N) is 2. The van der Waals surface area contributed by atoms with Crippen LogP contribution in [0.2, 0.25) is 0 Å². The molecule has 2 aliphatic heterocycles. The molecular formula is C20H25N3O5. The van der Waals surface area contributed by atoms with Crippen molar-refractivity contribution in [1.29, 1.82) is 0 Å². The number of likely N-dealkylation sites (tertiary alicyclic amines) is 1. The second-order valence-electron chi connectivity index (χ2n) is 7.36. The average Bonchev–Trinajstić information content (AvgIpc) is 3.17. The van der Waals surface area contributed by atoms with Crippen molar-refractivity contribution in [3.63, 3.8) is 0 Å². The van der Waals surface area contributed by atoms with Gasteiger partial charge in [-0.05, 0) is 18.6 Å². The lowest BCUT2D eigenvalue weighted by atomic mass is 9.78. The summed E-state index contributed by atoms with van der Waals surface area (Å²) in [6.07, 6.45) is 0.292. The maximum Gasteiger partial charge on any atom is 0.326 e. The zero-order chi connectivity index (χ0) is 20.6. The fourth-order valence-corrected chi connectivity index (χ4v) is 4.44. The van der Waals surface area contributed by atoms with E-state index in [0.717, 1.165) is 4.90 Å². The molecule has 28 heavy (non-hydrogen) atoms. The second-order valence-corrected chi connectivity index (χ2v) is 7.36. The van der Waals surface area contributed by atoms with Crippen LogP contribution in [0.25, 0.3) is 0 Å². The molecule has 1 N–H and O–H groups in total. The largest absolute Gasteiger partial charge is 0.468 e. The van der Waals surface area contributed by atoms with Crippen molar-refractivity contribution >= 4 is 23.7 Å². The highest BCUT2D eigenvalue weighted by Gasteiger charge is 2.67. The molecule has 2 fully saturated rings. The molecule has 8 nitrogen and oxygen atoms in total. The van der Waals surface area contributed by atoms with Crippen molar-refractivity contribution < 1.29 is 23.9 Å². The number of carbonyl (C=O) groups is 4. The van der Waals surface area contributed by atoms with Crippen LogP contribution in [-0.4, -0.2) is 72.8 Å². The van der Waals surface area contributed by atoms with Crippen molar-refractivity contribution in [2.75, 3.05) is 27.7 Å². The van der Waals surface area contributed by atoms with E-state index in [-0.39, 0.29) is 18.4 Å². The quantitative estimate of drug-likeness (QED) is 0.576. The highest BCUT2D eigenvalue weighted by atomic mass is 16.5. The molecule has 0 aliphatic carbocycles. The van der Waals surface area contributed by atoms with Crippen LogP contribution in [0.3, 0.4) is 0 Å². The summed E-state index contributed by atoms with van der Waals surface area (Å²) in [7, 11) is 4.33. The van der Waals surface area contributed by atoms with Gasteiger partial charge in [0.05, 0.1) is 18.9 Å². The molecule has 0 spiro atoms. The minimum atomic E-state index is -1.28. The Morgan fingerprint density at radius 3 is 2.43 bits per heavy atom. The van der Waals surface area contributed by atoms with E-state index in [1.165, 1.54) is 19.1 Å². The average molecular weight is 387 g/mol. The van der Waals surface area contributed by atoms with Gasteiger partial charge in [0.1, 0.15) is 5.54 Å². The number of carbonyl (C=O) groups excluding carboxylic acids is 4. The lowest BCUT2D eigenvalue weighted by molar-refractivity contribution is -0.154. The lowest BCUT2D eigenvalue weighted by Gasteiger charge is -2.31. The molecule has 2 saturated heterocycles. The van der Waals surface area contributed by atoms with E-state index < -0.39 is 35.3 Å².